The van der Waals surface area contributed by atoms with Crippen molar-refractivity contribution in [2.24, 2.45) is 0 Å². The molecule has 0 unspecified atom stereocenters. The summed E-state index contributed by atoms with van der Waals surface area (Å²) in [7, 11) is 0. The maximum Gasteiger partial charge on any atom is 0.264 e. The number of rotatable bonds is 1. The smallest absolute Gasteiger partial charge is 0.264 e. The van der Waals surface area contributed by atoms with Crippen LogP contribution in [0.5, 0.6) is 5.75 Å². The average molecular weight is 341 g/mol. The van der Waals surface area contributed by atoms with E-state index in [1.807, 2.05) is 6.07 Å². The van der Waals surface area contributed by atoms with Crippen LogP contribution in [0.2, 0.25) is 10.0 Å². The first-order chi connectivity index (χ1) is 10.7. The molecule has 0 bridgehead atoms. The molecule has 2 aliphatic heterocycles. The molecule has 1 atom stereocenters. The van der Waals surface area contributed by atoms with Gasteiger partial charge in [0.25, 0.3) is 5.72 Å². The lowest BCUT2D eigenvalue weighted by atomic mass is 9.82. The molecule has 2 fully saturated rings. The van der Waals surface area contributed by atoms with Crippen LogP contribution in [-0.4, -0.2) is 32.0 Å². The number of hydrogen-bond donors (Lipinski definition) is 1. The highest BCUT2D eigenvalue weighted by Crippen LogP contribution is 2.44. The van der Waals surface area contributed by atoms with Gasteiger partial charge in [0.15, 0.2) is 5.75 Å². The van der Waals surface area contributed by atoms with E-state index in [1.165, 1.54) is 23.3 Å². The van der Waals surface area contributed by atoms with Crippen LogP contribution in [0.3, 0.4) is 0 Å². The first kappa shape index (κ1) is 14.8. The predicted octanol–water partition coefficient (Wildman–Crippen LogP) is 2.95. The molecule has 1 saturated heterocycles. The Labute approximate surface area is 140 Å². The van der Waals surface area contributed by atoms with E-state index in [-0.39, 0.29) is 5.72 Å². The summed E-state index contributed by atoms with van der Waals surface area (Å²) in [5.41, 5.74) is 2.14. The topological polar surface area (TPSA) is 22.9 Å². The van der Waals surface area contributed by atoms with Gasteiger partial charge in [-0.05, 0) is 37.5 Å². The molecule has 3 nitrogen and oxygen atoms in total. The lowest BCUT2D eigenvalue weighted by Gasteiger charge is -2.47. The fraction of sp³-hybridized carbons (Fsp3) is 0.529. The van der Waals surface area contributed by atoms with Crippen molar-refractivity contribution in [1.82, 2.24) is 0 Å². The van der Waals surface area contributed by atoms with Gasteiger partial charge in [-0.15, -0.1) is 0 Å². The van der Waals surface area contributed by atoms with E-state index < -0.39 is 0 Å². The molecule has 2 heterocycles. The maximum atomic E-state index is 6.60. The van der Waals surface area contributed by atoms with Crippen LogP contribution in [-0.2, 0) is 4.74 Å². The molecule has 0 spiro atoms. The van der Waals surface area contributed by atoms with Crippen molar-refractivity contribution >= 4 is 29.3 Å². The van der Waals surface area contributed by atoms with Gasteiger partial charge in [-0.3, -0.25) is 4.90 Å². The molecule has 1 saturated carbocycles. The van der Waals surface area contributed by atoms with E-state index in [9.17, 15) is 0 Å². The Morgan fingerprint density at radius 2 is 1.91 bits per heavy atom. The fourth-order valence-corrected chi connectivity index (χ4v) is 4.56. The Bertz CT molecular complexity index is 625. The standard InChI is InChI=1S/C17H19Cl2NO2/c18-14-10-12-9-13-3-1-2-4-17(13,20-5-7-21-8-6-20)22-16(12)15(19)11-14/h9-11H,1-8H2/p+1/t17-/m0/s1. The van der Waals surface area contributed by atoms with E-state index in [1.54, 1.807) is 6.07 Å². The molecule has 0 aromatic heterocycles. The van der Waals surface area contributed by atoms with E-state index >= 15 is 0 Å². The number of fused-ring (bicyclic) bond motifs is 2. The molecule has 4 rings (SSSR count). The zero-order valence-corrected chi connectivity index (χ0v) is 14.0. The molecule has 5 heteroatoms. The van der Waals surface area contributed by atoms with E-state index in [2.05, 4.69) is 6.08 Å². The minimum Gasteiger partial charge on any atom is -0.434 e. The van der Waals surface area contributed by atoms with Crippen LogP contribution in [0.15, 0.2) is 17.7 Å². The molecule has 3 aliphatic rings. The monoisotopic (exact) mass is 340 g/mol. The van der Waals surface area contributed by atoms with Crippen LogP contribution >= 0.6 is 23.2 Å². The number of hydrogen-bond acceptors (Lipinski definition) is 2. The number of quaternary nitrogens is 1. The first-order valence-corrected chi connectivity index (χ1v) is 8.77. The molecule has 0 radical (unpaired) electrons. The van der Waals surface area contributed by atoms with Gasteiger partial charge in [-0.25, -0.2) is 0 Å². The lowest BCUT2D eigenvalue weighted by Crippen LogP contribution is -3.23. The second kappa shape index (κ2) is 5.72. The third-order valence-corrected chi connectivity index (χ3v) is 5.55. The summed E-state index contributed by atoms with van der Waals surface area (Å²) in [4.78, 5) is 1.47. The van der Waals surface area contributed by atoms with Gasteiger partial charge in [0, 0.05) is 22.6 Å². The van der Waals surface area contributed by atoms with Gasteiger partial charge >= 0.3 is 0 Å². The van der Waals surface area contributed by atoms with Gasteiger partial charge < -0.3 is 9.47 Å². The van der Waals surface area contributed by atoms with Crippen molar-refractivity contribution in [1.29, 1.82) is 0 Å². The Balaban J connectivity index is 1.80. The average Bonchev–Trinajstić information content (AvgIpc) is 2.54. The number of benzene rings is 1. The molecular formula is C17H20Cl2NO2+. The van der Waals surface area contributed by atoms with Crippen LogP contribution in [0, 0.1) is 0 Å². The minimum absolute atomic E-state index is 0.257. The summed E-state index contributed by atoms with van der Waals surface area (Å²) < 4.78 is 12.1. The maximum absolute atomic E-state index is 6.60. The van der Waals surface area contributed by atoms with Gasteiger partial charge in [0.1, 0.15) is 13.1 Å². The van der Waals surface area contributed by atoms with Crippen LogP contribution in [0.4, 0.5) is 0 Å². The quantitative estimate of drug-likeness (QED) is 0.849. The largest absolute Gasteiger partial charge is 0.434 e. The second-order valence-electron chi connectivity index (χ2n) is 6.33. The van der Waals surface area contributed by atoms with Crippen molar-refractivity contribution in [3.05, 3.63) is 33.3 Å². The number of ether oxygens (including phenoxy) is 2. The number of morpholine rings is 1. The molecule has 118 valence electrons. The zero-order chi connectivity index (χ0) is 15.2. The zero-order valence-electron chi connectivity index (χ0n) is 12.5. The Kier molecular flexibility index (Phi) is 3.85. The predicted molar refractivity (Wildman–Crippen MR) is 87.8 cm³/mol. The third-order valence-electron chi connectivity index (χ3n) is 5.05. The Morgan fingerprint density at radius 1 is 1.09 bits per heavy atom. The highest BCUT2D eigenvalue weighted by Gasteiger charge is 2.50. The summed E-state index contributed by atoms with van der Waals surface area (Å²) in [6.45, 7) is 3.57. The SMILES string of the molecule is Clc1cc(Cl)c2c(c1)C=C1CCCC[C@]1([NH+]1CCOCC1)O2. The summed E-state index contributed by atoms with van der Waals surface area (Å²) in [6.07, 6.45) is 6.82. The van der Waals surface area contributed by atoms with E-state index in [0.717, 1.165) is 50.5 Å². The molecular weight excluding hydrogens is 321 g/mol. The van der Waals surface area contributed by atoms with Crippen LogP contribution in [0.1, 0.15) is 31.2 Å². The molecule has 1 aromatic rings. The summed E-state index contributed by atoms with van der Waals surface area (Å²) in [5.74, 6) is 0.788. The highest BCUT2D eigenvalue weighted by molar-refractivity contribution is 6.36. The van der Waals surface area contributed by atoms with Crippen LogP contribution < -0.4 is 9.64 Å². The highest BCUT2D eigenvalue weighted by atomic mass is 35.5. The van der Waals surface area contributed by atoms with Crippen molar-refractivity contribution in [2.45, 2.75) is 31.4 Å². The summed E-state index contributed by atoms with van der Waals surface area (Å²) in [5, 5.41) is 1.27. The summed E-state index contributed by atoms with van der Waals surface area (Å²) in [6, 6.07) is 3.72. The summed E-state index contributed by atoms with van der Waals surface area (Å²) >= 11 is 12.6. The molecule has 1 aromatic carbocycles. The molecule has 1 N–H and O–H groups in total. The van der Waals surface area contributed by atoms with Gasteiger partial charge in [-0.2, -0.15) is 0 Å². The van der Waals surface area contributed by atoms with Crippen molar-refractivity contribution in [3.8, 4) is 5.75 Å². The molecule has 0 amide bonds. The van der Waals surface area contributed by atoms with Gasteiger partial charge in [0.2, 0.25) is 0 Å². The lowest BCUT2D eigenvalue weighted by molar-refractivity contribution is -0.975. The van der Waals surface area contributed by atoms with Crippen molar-refractivity contribution in [2.75, 3.05) is 26.3 Å². The molecule has 22 heavy (non-hydrogen) atoms. The third kappa shape index (κ3) is 2.35. The fourth-order valence-electron chi connectivity index (χ4n) is 4.01. The number of nitrogens with one attached hydrogen (secondary N) is 1. The first-order valence-electron chi connectivity index (χ1n) is 8.01. The second-order valence-corrected chi connectivity index (χ2v) is 7.17. The van der Waals surface area contributed by atoms with Crippen LogP contribution in [0.25, 0.3) is 6.08 Å². The van der Waals surface area contributed by atoms with E-state index in [4.69, 9.17) is 32.7 Å². The van der Waals surface area contributed by atoms with Crippen molar-refractivity contribution in [3.63, 3.8) is 0 Å². The van der Waals surface area contributed by atoms with Gasteiger partial charge in [0.05, 0.1) is 18.2 Å². The number of halogens is 2. The minimum atomic E-state index is -0.257. The van der Waals surface area contributed by atoms with E-state index in [0.29, 0.717) is 10.0 Å². The molecule has 1 aliphatic carbocycles. The normalized spacial score (nSPS) is 28.4. The van der Waals surface area contributed by atoms with Crippen molar-refractivity contribution < 1.29 is 14.4 Å². The Hall–Kier alpha value is -0.740. The van der Waals surface area contributed by atoms with Gasteiger partial charge in [-0.1, -0.05) is 23.2 Å². The Morgan fingerprint density at radius 3 is 2.73 bits per heavy atom.